The van der Waals surface area contributed by atoms with Crippen LogP contribution in [0.4, 0.5) is 0 Å². The second-order valence-corrected chi connectivity index (χ2v) is 5.94. The molecule has 1 aliphatic heterocycles. The maximum absolute atomic E-state index is 11.7. The molecule has 1 heterocycles. The van der Waals surface area contributed by atoms with Gasteiger partial charge in [0.05, 0.1) is 18.3 Å². The minimum absolute atomic E-state index is 0.121. The van der Waals surface area contributed by atoms with Crippen LogP contribution in [0.1, 0.15) is 12.8 Å². The molecule has 0 aromatic carbocycles. The van der Waals surface area contributed by atoms with Gasteiger partial charge in [-0.2, -0.15) is 0 Å². The number of carbonyl (C=O) groups is 1. The van der Waals surface area contributed by atoms with Crippen molar-refractivity contribution in [3.05, 3.63) is 0 Å². The van der Waals surface area contributed by atoms with Crippen molar-refractivity contribution in [2.75, 3.05) is 32.5 Å². The lowest BCUT2D eigenvalue weighted by Gasteiger charge is -2.30. The maximum atomic E-state index is 11.7. The van der Waals surface area contributed by atoms with Gasteiger partial charge in [-0.3, -0.25) is 4.79 Å². The van der Waals surface area contributed by atoms with Crippen molar-refractivity contribution in [2.24, 2.45) is 5.92 Å². The van der Waals surface area contributed by atoms with Crippen LogP contribution < -0.4 is 5.32 Å². The molecule has 1 fully saturated rings. The summed E-state index contributed by atoms with van der Waals surface area (Å²) >= 11 is 0. The van der Waals surface area contributed by atoms with Gasteiger partial charge in [-0.15, -0.1) is 0 Å². The molecular formula is C9H18N2O4S. The lowest BCUT2D eigenvalue weighted by atomic mass is 9.99. The summed E-state index contributed by atoms with van der Waals surface area (Å²) in [5.74, 6) is -0.663. The average molecular weight is 250 g/mol. The topological polar surface area (TPSA) is 86.7 Å². The van der Waals surface area contributed by atoms with Gasteiger partial charge < -0.3 is 10.4 Å². The zero-order chi connectivity index (χ0) is 12.2. The van der Waals surface area contributed by atoms with E-state index >= 15 is 0 Å². The van der Waals surface area contributed by atoms with E-state index in [1.165, 1.54) is 4.31 Å². The molecule has 0 aliphatic carbocycles. The van der Waals surface area contributed by atoms with Crippen LogP contribution in [-0.2, 0) is 14.8 Å². The maximum Gasteiger partial charge on any atom is 0.224 e. The molecule has 1 unspecified atom stereocenters. The molecule has 1 aliphatic rings. The highest BCUT2D eigenvalue weighted by Crippen LogP contribution is 2.19. The van der Waals surface area contributed by atoms with E-state index in [0.717, 1.165) is 0 Å². The molecule has 7 heteroatoms. The molecule has 0 saturated carbocycles. The summed E-state index contributed by atoms with van der Waals surface area (Å²) in [6.45, 7) is 0.279. The third-order valence-electron chi connectivity index (χ3n) is 2.74. The van der Waals surface area contributed by atoms with Crippen molar-refractivity contribution in [3.63, 3.8) is 0 Å². The van der Waals surface area contributed by atoms with Crippen LogP contribution in [0.3, 0.4) is 0 Å². The molecule has 1 saturated heterocycles. The summed E-state index contributed by atoms with van der Waals surface area (Å²) in [5, 5.41) is 11.2. The second kappa shape index (κ2) is 5.60. The van der Waals surface area contributed by atoms with Crippen LogP contribution in [0.2, 0.25) is 0 Å². The third-order valence-corrected chi connectivity index (χ3v) is 4.56. The number of nitrogens with one attached hydrogen (secondary N) is 1. The molecule has 0 bridgehead atoms. The minimum atomic E-state index is -3.40. The molecule has 6 nitrogen and oxygen atoms in total. The number of amides is 1. The van der Waals surface area contributed by atoms with E-state index in [9.17, 15) is 13.2 Å². The van der Waals surface area contributed by atoms with Gasteiger partial charge in [0.25, 0.3) is 0 Å². The number of aliphatic hydroxyl groups excluding tert-OH is 1. The molecule has 0 aromatic heterocycles. The minimum Gasteiger partial charge on any atom is -0.395 e. The summed E-state index contributed by atoms with van der Waals surface area (Å²) in [5.41, 5.74) is 0. The van der Waals surface area contributed by atoms with E-state index in [2.05, 4.69) is 5.32 Å². The Morgan fingerprint density at radius 3 is 2.81 bits per heavy atom. The monoisotopic (exact) mass is 250 g/mol. The Hall–Kier alpha value is -0.660. The van der Waals surface area contributed by atoms with E-state index in [0.29, 0.717) is 19.4 Å². The van der Waals surface area contributed by atoms with Gasteiger partial charge in [0.1, 0.15) is 0 Å². The Bertz CT molecular complexity index is 341. The summed E-state index contributed by atoms with van der Waals surface area (Å²) in [6, 6.07) is 0. The van der Waals surface area contributed by atoms with Gasteiger partial charge >= 0.3 is 0 Å². The van der Waals surface area contributed by atoms with Crippen LogP contribution in [-0.4, -0.2) is 56.2 Å². The Morgan fingerprint density at radius 2 is 2.25 bits per heavy atom. The van der Waals surface area contributed by atoms with Crippen molar-refractivity contribution in [1.29, 1.82) is 0 Å². The largest absolute Gasteiger partial charge is 0.395 e. The van der Waals surface area contributed by atoms with E-state index in [4.69, 9.17) is 5.11 Å². The smallest absolute Gasteiger partial charge is 0.224 e. The predicted octanol–water partition coefficient (Wildman–Crippen LogP) is -1.23. The predicted molar refractivity (Wildman–Crippen MR) is 59.2 cm³/mol. The number of carbonyl (C=O) groups excluding carboxylic acids is 1. The molecule has 0 aromatic rings. The molecule has 0 spiro atoms. The number of sulfonamides is 1. The fourth-order valence-corrected chi connectivity index (χ4v) is 3.16. The molecule has 1 atom stereocenters. The fourth-order valence-electron chi connectivity index (χ4n) is 1.86. The second-order valence-electron chi connectivity index (χ2n) is 3.85. The van der Waals surface area contributed by atoms with Crippen molar-refractivity contribution >= 4 is 15.9 Å². The van der Waals surface area contributed by atoms with Crippen molar-refractivity contribution in [1.82, 2.24) is 9.62 Å². The summed E-state index contributed by atoms with van der Waals surface area (Å²) in [6.07, 6.45) is 1.40. The first kappa shape index (κ1) is 13.4. The highest BCUT2D eigenvalue weighted by atomic mass is 32.2. The molecule has 2 N–H and O–H groups in total. The number of piperidine rings is 1. The molecule has 1 rings (SSSR count). The number of aliphatic hydroxyl groups is 1. The van der Waals surface area contributed by atoms with E-state index < -0.39 is 10.0 Å². The normalized spacial score (nSPS) is 23.0. The van der Waals surface area contributed by atoms with Crippen LogP contribution >= 0.6 is 0 Å². The summed E-state index contributed by atoms with van der Waals surface area (Å²) in [4.78, 5) is 11.4. The Labute approximate surface area is 95.7 Å². The van der Waals surface area contributed by atoms with Gasteiger partial charge in [0.15, 0.2) is 0 Å². The van der Waals surface area contributed by atoms with Crippen LogP contribution in [0.5, 0.6) is 0 Å². The highest BCUT2D eigenvalue weighted by molar-refractivity contribution is 7.89. The van der Waals surface area contributed by atoms with E-state index in [-0.39, 0.29) is 30.7 Å². The lowest BCUT2D eigenvalue weighted by molar-refractivity contribution is -0.125. The SMILES string of the molecule is CNC(=O)C1CCCN(S(=O)(=O)CCO)C1. The zero-order valence-electron chi connectivity index (χ0n) is 9.35. The third kappa shape index (κ3) is 3.16. The number of hydrogen-bond donors (Lipinski definition) is 2. The first-order chi connectivity index (χ1) is 7.51. The number of hydrogen-bond acceptors (Lipinski definition) is 4. The first-order valence-electron chi connectivity index (χ1n) is 5.31. The lowest BCUT2D eigenvalue weighted by Crippen LogP contribution is -2.45. The van der Waals surface area contributed by atoms with Crippen molar-refractivity contribution < 1.29 is 18.3 Å². The average Bonchev–Trinajstić information content (AvgIpc) is 2.28. The molecule has 1 amide bonds. The van der Waals surface area contributed by atoms with Gasteiger partial charge in [-0.1, -0.05) is 0 Å². The Morgan fingerprint density at radius 1 is 1.56 bits per heavy atom. The molecule has 0 radical (unpaired) electrons. The number of nitrogens with zero attached hydrogens (tertiary/aromatic N) is 1. The first-order valence-corrected chi connectivity index (χ1v) is 6.92. The fraction of sp³-hybridized carbons (Fsp3) is 0.889. The van der Waals surface area contributed by atoms with E-state index in [1.807, 2.05) is 0 Å². The van der Waals surface area contributed by atoms with Gasteiger partial charge in [-0.05, 0) is 12.8 Å². The zero-order valence-corrected chi connectivity index (χ0v) is 10.2. The summed E-state index contributed by atoms with van der Waals surface area (Å²) in [7, 11) is -1.86. The number of rotatable bonds is 4. The Kier molecular flexibility index (Phi) is 4.69. The van der Waals surface area contributed by atoms with Crippen molar-refractivity contribution in [3.8, 4) is 0 Å². The quantitative estimate of drug-likeness (QED) is 0.654. The van der Waals surface area contributed by atoms with Gasteiger partial charge in [0.2, 0.25) is 15.9 Å². The standard InChI is InChI=1S/C9H18N2O4S/c1-10-9(13)8-3-2-4-11(7-8)16(14,15)6-5-12/h8,12H,2-7H2,1H3,(H,10,13). The van der Waals surface area contributed by atoms with Crippen LogP contribution in [0, 0.1) is 5.92 Å². The Balaban J connectivity index is 2.67. The van der Waals surface area contributed by atoms with Crippen LogP contribution in [0.15, 0.2) is 0 Å². The molecule has 94 valence electrons. The van der Waals surface area contributed by atoms with Gasteiger partial charge in [0, 0.05) is 20.1 Å². The van der Waals surface area contributed by atoms with E-state index in [1.54, 1.807) is 7.05 Å². The van der Waals surface area contributed by atoms with Gasteiger partial charge in [-0.25, -0.2) is 12.7 Å². The van der Waals surface area contributed by atoms with Crippen LogP contribution in [0.25, 0.3) is 0 Å². The van der Waals surface area contributed by atoms with Crippen molar-refractivity contribution in [2.45, 2.75) is 12.8 Å². The highest BCUT2D eigenvalue weighted by Gasteiger charge is 2.31. The molecule has 16 heavy (non-hydrogen) atoms. The summed E-state index contributed by atoms with van der Waals surface area (Å²) < 4.78 is 24.7. The molecular weight excluding hydrogens is 232 g/mol.